The second-order valence-electron chi connectivity index (χ2n) is 5.83. The van der Waals surface area contributed by atoms with Crippen LogP contribution in [0.2, 0.25) is 0 Å². The van der Waals surface area contributed by atoms with Crippen molar-refractivity contribution in [3.05, 3.63) is 12.7 Å². The molecule has 0 aliphatic heterocycles. The molecule has 7 heteroatoms. The van der Waals surface area contributed by atoms with E-state index in [2.05, 4.69) is 23.0 Å². The molecule has 0 saturated heterocycles. The average Bonchev–Trinajstić information content (AvgIpc) is 2.49. The quantitative estimate of drug-likeness (QED) is 0.211. The molecule has 144 valence electrons. The monoisotopic (exact) mass is 358 g/mol. The fourth-order valence-electron chi connectivity index (χ4n) is 1.93. The van der Waals surface area contributed by atoms with Gasteiger partial charge in [0.1, 0.15) is 26.4 Å². The Morgan fingerprint density at radius 3 is 1.83 bits per heavy atom. The SMILES string of the molecule is C=CCOCC(F)(F)COCC(F)(F)COCCCCCCCC. The summed E-state index contributed by atoms with van der Waals surface area (Å²) < 4.78 is 67.3. The van der Waals surface area contributed by atoms with Crippen LogP contribution in [0.25, 0.3) is 0 Å². The molecule has 0 spiro atoms. The van der Waals surface area contributed by atoms with E-state index >= 15 is 0 Å². The number of hydrogen-bond acceptors (Lipinski definition) is 3. The summed E-state index contributed by atoms with van der Waals surface area (Å²) in [6, 6.07) is 0. The van der Waals surface area contributed by atoms with E-state index in [1.165, 1.54) is 12.5 Å². The Labute approximate surface area is 142 Å². The van der Waals surface area contributed by atoms with Gasteiger partial charge in [-0.25, -0.2) is 17.6 Å². The maximum Gasteiger partial charge on any atom is 0.293 e. The zero-order valence-corrected chi connectivity index (χ0v) is 14.5. The lowest BCUT2D eigenvalue weighted by molar-refractivity contribution is -0.165. The summed E-state index contributed by atoms with van der Waals surface area (Å²) in [5.74, 6) is -6.58. The molecular weight excluding hydrogens is 328 g/mol. The van der Waals surface area contributed by atoms with E-state index < -0.39 is 38.3 Å². The molecule has 0 amide bonds. The second-order valence-corrected chi connectivity index (χ2v) is 5.83. The highest BCUT2D eigenvalue weighted by molar-refractivity contribution is 4.70. The minimum Gasteiger partial charge on any atom is -0.375 e. The van der Waals surface area contributed by atoms with Gasteiger partial charge >= 0.3 is 0 Å². The van der Waals surface area contributed by atoms with Crippen LogP contribution < -0.4 is 0 Å². The predicted molar refractivity (Wildman–Crippen MR) is 85.9 cm³/mol. The van der Waals surface area contributed by atoms with Crippen LogP contribution in [0.15, 0.2) is 12.7 Å². The molecule has 0 rings (SSSR count). The van der Waals surface area contributed by atoms with E-state index in [4.69, 9.17) is 4.74 Å². The zero-order valence-electron chi connectivity index (χ0n) is 14.5. The van der Waals surface area contributed by atoms with E-state index in [9.17, 15) is 17.6 Å². The Morgan fingerprint density at radius 1 is 0.750 bits per heavy atom. The van der Waals surface area contributed by atoms with Crippen LogP contribution in [0, 0.1) is 0 Å². The van der Waals surface area contributed by atoms with Crippen molar-refractivity contribution < 1.29 is 31.8 Å². The summed E-state index contributed by atoms with van der Waals surface area (Å²) in [6.07, 6.45) is 7.54. The molecule has 0 radical (unpaired) electrons. The Morgan fingerprint density at radius 2 is 1.25 bits per heavy atom. The van der Waals surface area contributed by atoms with Crippen molar-refractivity contribution >= 4 is 0 Å². The molecule has 0 heterocycles. The van der Waals surface area contributed by atoms with Crippen LogP contribution in [0.5, 0.6) is 0 Å². The molecule has 0 saturated carbocycles. The Hall–Kier alpha value is -0.660. The van der Waals surface area contributed by atoms with Crippen LogP contribution >= 0.6 is 0 Å². The predicted octanol–water partition coefficient (Wildman–Crippen LogP) is 4.85. The van der Waals surface area contributed by atoms with Gasteiger partial charge in [-0.05, 0) is 6.42 Å². The topological polar surface area (TPSA) is 27.7 Å². The highest BCUT2D eigenvalue weighted by atomic mass is 19.3. The molecule has 0 aromatic heterocycles. The molecule has 0 bridgehead atoms. The van der Waals surface area contributed by atoms with E-state index in [-0.39, 0.29) is 13.2 Å². The van der Waals surface area contributed by atoms with Gasteiger partial charge in [-0.3, -0.25) is 0 Å². The van der Waals surface area contributed by atoms with Crippen molar-refractivity contribution in [2.24, 2.45) is 0 Å². The summed E-state index contributed by atoms with van der Waals surface area (Å²) in [4.78, 5) is 0. The minimum atomic E-state index is -3.31. The average molecular weight is 358 g/mol. The molecular formula is C17H30F4O3. The smallest absolute Gasteiger partial charge is 0.293 e. The van der Waals surface area contributed by atoms with Crippen LogP contribution in [0.1, 0.15) is 45.4 Å². The number of alkyl halides is 4. The van der Waals surface area contributed by atoms with Crippen LogP contribution in [-0.4, -0.2) is 51.5 Å². The number of ether oxygens (including phenoxy) is 3. The summed E-state index contributed by atoms with van der Waals surface area (Å²) in [5.41, 5.74) is 0. The zero-order chi connectivity index (χ0) is 18.3. The Kier molecular flexibility index (Phi) is 13.2. The second kappa shape index (κ2) is 13.6. The third-order valence-electron chi connectivity index (χ3n) is 3.13. The molecule has 0 aromatic rings. The van der Waals surface area contributed by atoms with Gasteiger partial charge in [0.25, 0.3) is 11.8 Å². The summed E-state index contributed by atoms with van der Waals surface area (Å²) >= 11 is 0. The molecule has 24 heavy (non-hydrogen) atoms. The fraction of sp³-hybridized carbons (Fsp3) is 0.882. The standard InChI is InChI=1S/C17H30F4O3/c1-3-5-6-7-8-9-11-23-13-17(20,21)15-24-14-16(18,19)12-22-10-4-2/h4H,2-3,5-15H2,1H3. The van der Waals surface area contributed by atoms with Gasteiger partial charge in [-0.2, -0.15) is 0 Å². The Balaban J connectivity index is 3.68. The summed E-state index contributed by atoms with van der Waals surface area (Å²) in [5, 5.41) is 0. The van der Waals surface area contributed by atoms with Crippen LogP contribution in [0.4, 0.5) is 17.6 Å². The van der Waals surface area contributed by atoms with Crippen LogP contribution in [-0.2, 0) is 14.2 Å². The third-order valence-corrected chi connectivity index (χ3v) is 3.13. The van der Waals surface area contributed by atoms with E-state index in [1.54, 1.807) is 0 Å². The van der Waals surface area contributed by atoms with Crippen molar-refractivity contribution in [1.82, 2.24) is 0 Å². The van der Waals surface area contributed by atoms with Gasteiger partial charge in [-0.1, -0.05) is 45.1 Å². The largest absolute Gasteiger partial charge is 0.375 e. The van der Waals surface area contributed by atoms with Gasteiger partial charge in [0.05, 0.1) is 6.61 Å². The van der Waals surface area contributed by atoms with Crippen LogP contribution in [0.3, 0.4) is 0 Å². The number of hydrogen-bond donors (Lipinski definition) is 0. The molecule has 0 unspecified atom stereocenters. The molecule has 0 atom stereocenters. The first-order valence-corrected chi connectivity index (χ1v) is 8.43. The fourth-order valence-corrected chi connectivity index (χ4v) is 1.93. The molecule has 3 nitrogen and oxygen atoms in total. The first kappa shape index (κ1) is 23.3. The van der Waals surface area contributed by atoms with Crippen molar-refractivity contribution in [2.45, 2.75) is 57.3 Å². The van der Waals surface area contributed by atoms with Gasteiger partial charge in [-0.15, -0.1) is 6.58 Å². The highest BCUT2D eigenvalue weighted by Gasteiger charge is 2.34. The lowest BCUT2D eigenvalue weighted by atomic mass is 10.1. The summed E-state index contributed by atoms with van der Waals surface area (Å²) in [7, 11) is 0. The van der Waals surface area contributed by atoms with Crippen molar-refractivity contribution in [2.75, 3.05) is 39.6 Å². The Bertz CT molecular complexity index is 312. The first-order valence-electron chi connectivity index (χ1n) is 8.43. The summed E-state index contributed by atoms with van der Waals surface area (Å²) in [6.45, 7) is 1.74. The normalized spacial score (nSPS) is 12.5. The van der Waals surface area contributed by atoms with Gasteiger partial charge in [0, 0.05) is 6.61 Å². The van der Waals surface area contributed by atoms with Crippen molar-refractivity contribution in [3.8, 4) is 0 Å². The van der Waals surface area contributed by atoms with E-state index in [0.717, 1.165) is 32.1 Å². The maximum absolute atomic E-state index is 13.4. The maximum atomic E-state index is 13.4. The van der Waals surface area contributed by atoms with Gasteiger partial charge in [0.15, 0.2) is 0 Å². The number of unbranched alkanes of at least 4 members (excludes halogenated alkanes) is 5. The van der Waals surface area contributed by atoms with Crippen molar-refractivity contribution in [1.29, 1.82) is 0 Å². The highest BCUT2D eigenvalue weighted by Crippen LogP contribution is 2.19. The lowest BCUT2D eigenvalue weighted by Crippen LogP contribution is -2.35. The third kappa shape index (κ3) is 14.9. The lowest BCUT2D eigenvalue weighted by Gasteiger charge is -2.20. The molecule has 0 aliphatic carbocycles. The molecule has 0 fully saturated rings. The van der Waals surface area contributed by atoms with Gasteiger partial charge < -0.3 is 14.2 Å². The van der Waals surface area contributed by atoms with Gasteiger partial charge in [0.2, 0.25) is 0 Å². The van der Waals surface area contributed by atoms with Crippen molar-refractivity contribution in [3.63, 3.8) is 0 Å². The van der Waals surface area contributed by atoms with E-state index in [0.29, 0.717) is 0 Å². The minimum absolute atomic E-state index is 0.0297. The van der Waals surface area contributed by atoms with E-state index in [1.807, 2.05) is 0 Å². The first-order chi connectivity index (χ1) is 11.3. The molecule has 0 aromatic carbocycles. The number of halogens is 4. The molecule has 0 N–H and O–H groups in total. The number of rotatable bonds is 17. The molecule has 0 aliphatic rings.